The van der Waals surface area contributed by atoms with Crippen molar-refractivity contribution in [3.63, 3.8) is 0 Å². The van der Waals surface area contributed by atoms with Gasteiger partial charge in [0.2, 0.25) is 17.7 Å². The number of carbonyl (C=O) groups is 3. The fraction of sp³-hybridized carbons (Fsp3) is 0.393. The van der Waals surface area contributed by atoms with E-state index in [0.29, 0.717) is 11.3 Å². The minimum atomic E-state index is -4.77. The zero-order valence-electron chi connectivity index (χ0n) is 22.8. The van der Waals surface area contributed by atoms with Gasteiger partial charge in [-0.05, 0) is 43.0 Å². The number of aliphatic carboxylic acids is 2. The fourth-order valence-electron chi connectivity index (χ4n) is 5.00. The van der Waals surface area contributed by atoms with E-state index in [1.54, 1.807) is 20.8 Å². The van der Waals surface area contributed by atoms with Gasteiger partial charge in [0, 0.05) is 24.8 Å². The smallest absolute Gasteiger partial charge is 0.416 e. The van der Waals surface area contributed by atoms with Crippen molar-refractivity contribution >= 4 is 17.8 Å². The summed E-state index contributed by atoms with van der Waals surface area (Å²) in [6.45, 7) is 5.09. The number of halogens is 3. The van der Waals surface area contributed by atoms with Gasteiger partial charge in [0.05, 0.1) is 22.2 Å². The third kappa shape index (κ3) is 6.33. The second-order valence-corrected chi connectivity index (χ2v) is 9.92. The van der Waals surface area contributed by atoms with Crippen LogP contribution in [-0.2, 0) is 26.0 Å². The number of alkyl halides is 3. The number of carboxylic acid groups (broad SMARTS) is 2. The first-order valence-corrected chi connectivity index (χ1v) is 12.7. The normalized spacial score (nSPS) is 16.9. The Hall–Kier alpha value is -4.98. The van der Waals surface area contributed by atoms with Gasteiger partial charge in [-0.25, -0.2) is 9.89 Å². The van der Waals surface area contributed by atoms with Crippen molar-refractivity contribution in [2.24, 2.45) is 11.7 Å². The Labute approximate surface area is 238 Å². The highest BCUT2D eigenvalue weighted by molar-refractivity contribution is 5.84. The molecule has 0 saturated carbocycles. The van der Waals surface area contributed by atoms with Crippen LogP contribution in [0.5, 0.6) is 5.88 Å². The third-order valence-electron chi connectivity index (χ3n) is 6.84. The Morgan fingerprint density at radius 2 is 1.90 bits per heavy atom. The van der Waals surface area contributed by atoms with Gasteiger partial charge in [-0.3, -0.25) is 9.59 Å². The average Bonchev–Trinajstić information content (AvgIpc) is 3.27. The van der Waals surface area contributed by atoms with Crippen molar-refractivity contribution < 1.29 is 42.5 Å². The molecule has 1 aliphatic rings. The Morgan fingerprint density at radius 1 is 1.21 bits per heavy atom. The van der Waals surface area contributed by atoms with E-state index in [9.17, 15) is 37.9 Å². The first-order chi connectivity index (χ1) is 19.6. The molecule has 1 aromatic carbocycles. The van der Waals surface area contributed by atoms with E-state index in [-0.39, 0.29) is 47.7 Å². The van der Waals surface area contributed by atoms with Gasteiger partial charge in [-0.2, -0.15) is 23.5 Å². The van der Waals surface area contributed by atoms with Gasteiger partial charge in [-0.1, -0.05) is 25.7 Å². The predicted octanol–water partition coefficient (Wildman–Crippen LogP) is 3.33. The van der Waals surface area contributed by atoms with Crippen molar-refractivity contribution in [1.29, 1.82) is 5.26 Å². The van der Waals surface area contributed by atoms with Gasteiger partial charge < -0.3 is 26.0 Å². The van der Waals surface area contributed by atoms with E-state index < -0.39 is 53.4 Å². The van der Waals surface area contributed by atoms with E-state index in [0.717, 1.165) is 12.1 Å². The number of amides is 1. The summed E-state index contributed by atoms with van der Waals surface area (Å²) in [4.78, 5) is 34.2. The maximum absolute atomic E-state index is 14.1. The van der Waals surface area contributed by atoms with Gasteiger partial charge in [-0.15, -0.1) is 0 Å². The molecule has 3 rings (SSSR count). The number of nitrogens with zero attached hydrogens (tertiary/aromatic N) is 2. The van der Waals surface area contributed by atoms with Crippen LogP contribution >= 0.6 is 0 Å². The zero-order valence-corrected chi connectivity index (χ0v) is 22.8. The molecule has 11 nitrogen and oxygen atoms in total. The largest absolute Gasteiger partial charge is 0.481 e. The number of allylic oxidation sites excluding steroid dienone is 1. The van der Waals surface area contributed by atoms with E-state index in [1.165, 1.54) is 6.07 Å². The van der Waals surface area contributed by atoms with Crippen molar-refractivity contribution in [1.82, 2.24) is 15.5 Å². The number of fused-ring (bicyclic) bond motifs is 1. The number of aromatic nitrogens is 2. The molecule has 1 aromatic heterocycles. The fourth-order valence-corrected chi connectivity index (χ4v) is 5.00. The number of ether oxygens (including phenoxy) is 1. The van der Waals surface area contributed by atoms with E-state index in [2.05, 4.69) is 27.4 Å². The van der Waals surface area contributed by atoms with Gasteiger partial charge >= 0.3 is 18.1 Å². The number of nitrogens with one attached hydrogen (secondary N) is 2. The number of rotatable bonds is 9. The van der Waals surface area contributed by atoms with E-state index >= 15 is 0 Å². The number of nitrogens with two attached hydrogens (primary N) is 1. The third-order valence-corrected chi connectivity index (χ3v) is 6.84. The van der Waals surface area contributed by atoms with Crippen LogP contribution in [0.25, 0.3) is 0 Å². The highest BCUT2D eigenvalue weighted by Gasteiger charge is 2.51. The highest BCUT2D eigenvalue weighted by atomic mass is 19.4. The summed E-state index contributed by atoms with van der Waals surface area (Å²) in [5.41, 5.74) is 4.31. The summed E-state index contributed by atoms with van der Waals surface area (Å²) in [6.07, 6.45) is -5.97. The summed E-state index contributed by atoms with van der Waals surface area (Å²) in [6, 6.07) is 3.81. The lowest BCUT2D eigenvalue weighted by Crippen LogP contribution is -2.41. The molecule has 1 amide bonds. The van der Waals surface area contributed by atoms with Gasteiger partial charge in [0.1, 0.15) is 17.7 Å². The number of H-pyrrole nitrogens is 1. The molecule has 14 heteroatoms. The van der Waals surface area contributed by atoms with Crippen LogP contribution in [0, 0.1) is 36.0 Å². The lowest BCUT2D eigenvalue weighted by atomic mass is 9.61. The molecule has 2 heterocycles. The van der Waals surface area contributed by atoms with Gasteiger partial charge in [0.15, 0.2) is 0 Å². The van der Waals surface area contributed by atoms with Crippen LogP contribution < -0.4 is 15.8 Å². The molecular weight excluding hydrogens is 559 g/mol. The predicted molar refractivity (Wildman–Crippen MR) is 140 cm³/mol. The molecule has 222 valence electrons. The molecule has 2 aromatic rings. The second-order valence-electron chi connectivity index (χ2n) is 9.92. The SMILES string of the molecule is Cc1n[nH]c2c1C(c1cc(C#CCCC(=O)N[C@@H](CCC(=O)O)C(=O)O)cc(C(F)(F)F)c1)(C(C)C)C(C#N)=C(N)O2. The van der Waals surface area contributed by atoms with Gasteiger partial charge in [0.25, 0.3) is 0 Å². The molecule has 0 saturated heterocycles. The molecule has 0 aliphatic carbocycles. The van der Waals surface area contributed by atoms with Crippen LogP contribution in [-0.4, -0.2) is 44.3 Å². The molecule has 42 heavy (non-hydrogen) atoms. The van der Waals surface area contributed by atoms with Crippen LogP contribution in [0.2, 0.25) is 0 Å². The number of aromatic amines is 1. The molecule has 0 radical (unpaired) electrons. The Kier molecular flexibility index (Phi) is 9.21. The Bertz CT molecular complexity index is 1540. The first kappa shape index (κ1) is 31.5. The number of hydrogen-bond donors (Lipinski definition) is 5. The molecule has 2 atom stereocenters. The van der Waals surface area contributed by atoms with Crippen molar-refractivity contribution in [2.45, 2.75) is 64.1 Å². The van der Waals surface area contributed by atoms with E-state index in [1.807, 2.05) is 6.07 Å². The molecule has 6 N–H and O–H groups in total. The van der Waals surface area contributed by atoms with Crippen molar-refractivity contribution in [3.8, 4) is 23.8 Å². The summed E-state index contributed by atoms with van der Waals surface area (Å²) < 4.78 is 47.8. The minimum absolute atomic E-state index is 0.0461. The lowest BCUT2D eigenvalue weighted by Gasteiger charge is -2.41. The van der Waals surface area contributed by atoms with Crippen LogP contribution in [0.1, 0.15) is 67.5 Å². The highest BCUT2D eigenvalue weighted by Crippen LogP contribution is 2.53. The number of benzene rings is 1. The molecular formula is C28H28F3N5O6. The Balaban J connectivity index is 2.01. The topological polar surface area (TPSA) is 191 Å². The summed E-state index contributed by atoms with van der Waals surface area (Å²) in [5, 5.41) is 37.0. The standard InChI is InChI=1S/C28H28F3N5O6/c1-14(2)27(19(13-32)24(33)42-25-23(27)15(3)35-36-25)17-10-16(11-18(12-17)28(29,30)31)6-4-5-7-21(37)34-20(26(40)41)8-9-22(38)39/h10-12,14,20H,5,7-9,33H2,1-3H3,(H,34,37)(H,35,36)(H,38,39)(H,40,41)/t20-,27?/m0/s1. The number of hydrogen-bond acceptors (Lipinski definition) is 7. The Morgan fingerprint density at radius 3 is 2.48 bits per heavy atom. The van der Waals surface area contributed by atoms with Crippen LogP contribution in [0.15, 0.2) is 29.7 Å². The van der Waals surface area contributed by atoms with E-state index in [4.69, 9.17) is 15.6 Å². The number of carboxylic acids is 2. The van der Waals surface area contributed by atoms with Crippen LogP contribution in [0.3, 0.4) is 0 Å². The van der Waals surface area contributed by atoms with Crippen molar-refractivity contribution in [3.05, 3.63) is 57.6 Å². The summed E-state index contributed by atoms with van der Waals surface area (Å²) >= 11 is 0. The minimum Gasteiger partial charge on any atom is -0.481 e. The summed E-state index contributed by atoms with van der Waals surface area (Å²) in [5.74, 6) is 1.26. The quantitative estimate of drug-likeness (QED) is 0.274. The average molecular weight is 588 g/mol. The molecule has 1 aliphatic heterocycles. The monoisotopic (exact) mass is 587 g/mol. The molecule has 1 unspecified atom stereocenters. The maximum Gasteiger partial charge on any atom is 0.416 e. The molecule has 0 bridgehead atoms. The van der Waals surface area contributed by atoms with Crippen molar-refractivity contribution in [2.75, 3.05) is 0 Å². The lowest BCUT2D eigenvalue weighted by molar-refractivity contribution is -0.143. The second kappa shape index (κ2) is 12.3. The maximum atomic E-state index is 14.1. The number of aryl methyl sites for hydroxylation is 1. The number of nitriles is 1. The van der Waals surface area contributed by atoms with Crippen LogP contribution in [0.4, 0.5) is 13.2 Å². The molecule has 0 spiro atoms. The molecule has 0 fully saturated rings. The summed E-state index contributed by atoms with van der Waals surface area (Å²) in [7, 11) is 0. The number of carbonyl (C=O) groups excluding carboxylic acids is 1. The zero-order chi connectivity index (χ0) is 31.4. The first-order valence-electron chi connectivity index (χ1n) is 12.7.